The summed E-state index contributed by atoms with van der Waals surface area (Å²) in [5, 5.41) is 2.96. The van der Waals surface area contributed by atoms with Crippen molar-refractivity contribution in [3.8, 4) is 0 Å². The second-order valence-corrected chi connectivity index (χ2v) is 10.3. The number of carbonyl (C=O) groups excluding carboxylic acids is 1. The summed E-state index contributed by atoms with van der Waals surface area (Å²) < 4.78 is 39.3. The molecular weight excluding hydrogens is 429 g/mol. The molecule has 174 valence electrons. The summed E-state index contributed by atoms with van der Waals surface area (Å²) in [7, 11) is -2.23. The van der Waals surface area contributed by atoms with Crippen molar-refractivity contribution in [1.29, 1.82) is 0 Å². The average Bonchev–Trinajstić information content (AvgIpc) is 2.79. The van der Waals surface area contributed by atoms with Gasteiger partial charge in [0.25, 0.3) is 0 Å². The highest BCUT2D eigenvalue weighted by Crippen LogP contribution is 2.17. The third kappa shape index (κ3) is 6.85. The largest absolute Gasteiger partial charge is 0.352 e. The Morgan fingerprint density at radius 3 is 2.38 bits per heavy atom. The molecule has 1 aliphatic rings. The summed E-state index contributed by atoms with van der Waals surface area (Å²) in [5.74, 6) is -0.592. The number of rotatable bonds is 10. The average molecular weight is 462 g/mol. The first-order valence-corrected chi connectivity index (χ1v) is 12.6. The van der Waals surface area contributed by atoms with Gasteiger partial charge < -0.3 is 5.32 Å². The molecule has 6 nitrogen and oxygen atoms in total. The van der Waals surface area contributed by atoms with Crippen molar-refractivity contribution in [1.82, 2.24) is 14.5 Å². The summed E-state index contributed by atoms with van der Waals surface area (Å²) in [6.07, 6.45) is 4.42. The lowest BCUT2D eigenvalue weighted by molar-refractivity contribution is -0.121. The summed E-state index contributed by atoms with van der Waals surface area (Å²) >= 11 is 0. The number of amides is 1. The number of likely N-dealkylation sites (tertiary alicyclic amines) is 1. The smallest absolute Gasteiger partial charge is 0.242 e. The Bertz CT molecular complexity index is 990. The Labute approximate surface area is 190 Å². The number of nitrogens with zero attached hydrogens (tertiary/aromatic N) is 2. The molecule has 0 bridgehead atoms. The van der Waals surface area contributed by atoms with Gasteiger partial charge in [-0.05, 0) is 67.7 Å². The molecule has 3 rings (SSSR count). The Kier molecular flexibility index (Phi) is 8.78. The van der Waals surface area contributed by atoms with Gasteiger partial charge >= 0.3 is 0 Å². The molecule has 1 amide bonds. The molecule has 1 heterocycles. The van der Waals surface area contributed by atoms with Crippen LogP contribution >= 0.6 is 0 Å². The van der Waals surface area contributed by atoms with Crippen molar-refractivity contribution in [2.75, 3.05) is 26.7 Å². The monoisotopic (exact) mass is 461 g/mol. The van der Waals surface area contributed by atoms with Crippen molar-refractivity contribution in [3.05, 3.63) is 65.5 Å². The van der Waals surface area contributed by atoms with Crippen LogP contribution in [0.25, 0.3) is 0 Å². The van der Waals surface area contributed by atoms with Gasteiger partial charge in [0.1, 0.15) is 5.82 Å². The molecule has 0 aromatic heterocycles. The van der Waals surface area contributed by atoms with E-state index in [0.717, 1.165) is 37.3 Å². The number of halogens is 1. The highest BCUT2D eigenvalue weighted by molar-refractivity contribution is 7.89. The van der Waals surface area contributed by atoms with E-state index in [0.29, 0.717) is 13.0 Å². The Morgan fingerprint density at radius 1 is 1.03 bits per heavy atom. The van der Waals surface area contributed by atoms with Crippen LogP contribution in [-0.2, 0) is 27.9 Å². The van der Waals surface area contributed by atoms with Crippen molar-refractivity contribution in [3.63, 3.8) is 0 Å². The minimum Gasteiger partial charge on any atom is -0.352 e. The Balaban J connectivity index is 1.45. The van der Waals surface area contributed by atoms with E-state index in [9.17, 15) is 17.6 Å². The summed E-state index contributed by atoms with van der Waals surface area (Å²) in [5.41, 5.74) is 2.35. The van der Waals surface area contributed by atoms with E-state index in [4.69, 9.17) is 0 Å². The quantitative estimate of drug-likeness (QED) is 0.588. The third-order valence-corrected chi connectivity index (χ3v) is 7.71. The number of hydrogen-bond acceptors (Lipinski definition) is 4. The van der Waals surface area contributed by atoms with Crippen LogP contribution in [-0.4, -0.2) is 50.2 Å². The van der Waals surface area contributed by atoms with Crippen molar-refractivity contribution >= 4 is 15.9 Å². The van der Waals surface area contributed by atoms with Gasteiger partial charge in [0.2, 0.25) is 15.9 Å². The summed E-state index contributed by atoms with van der Waals surface area (Å²) in [6, 6.07) is 12.9. The maximum atomic E-state index is 13.0. The normalized spacial score (nSPS) is 15.1. The van der Waals surface area contributed by atoms with E-state index in [1.807, 2.05) is 18.2 Å². The fraction of sp³-hybridized carbons (Fsp3) is 0.458. The van der Waals surface area contributed by atoms with E-state index in [-0.39, 0.29) is 23.8 Å². The molecule has 2 aromatic carbocycles. The lowest BCUT2D eigenvalue weighted by Gasteiger charge is -2.27. The van der Waals surface area contributed by atoms with E-state index >= 15 is 0 Å². The molecule has 1 fully saturated rings. The highest BCUT2D eigenvalue weighted by Gasteiger charge is 2.20. The predicted molar refractivity (Wildman–Crippen MR) is 123 cm³/mol. The van der Waals surface area contributed by atoms with Crippen LogP contribution in [0.1, 0.15) is 43.2 Å². The molecule has 1 saturated heterocycles. The first-order chi connectivity index (χ1) is 15.4. The van der Waals surface area contributed by atoms with Gasteiger partial charge in [0.15, 0.2) is 0 Å². The number of benzene rings is 2. The van der Waals surface area contributed by atoms with Gasteiger partial charge in [0, 0.05) is 33.1 Å². The summed E-state index contributed by atoms with van der Waals surface area (Å²) in [6.45, 7) is 3.81. The second kappa shape index (κ2) is 11.5. The van der Waals surface area contributed by atoms with Crippen LogP contribution in [0.15, 0.2) is 53.4 Å². The number of piperidine rings is 1. The minimum atomic E-state index is -3.70. The van der Waals surface area contributed by atoms with Crippen LogP contribution in [0.4, 0.5) is 4.39 Å². The number of nitrogens with one attached hydrogen (secondary N) is 1. The van der Waals surface area contributed by atoms with Gasteiger partial charge in [-0.25, -0.2) is 17.1 Å². The molecular formula is C24H32FN3O3S. The topological polar surface area (TPSA) is 69.7 Å². The molecule has 1 N–H and O–H groups in total. The fourth-order valence-electron chi connectivity index (χ4n) is 3.89. The van der Waals surface area contributed by atoms with E-state index in [1.165, 1.54) is 48.3 Å². The highest BCUT2D eigenvalue weighted by atomic mass is 32.2. The van der Waals surface area contributed by atoms with E-state index < -0.39 is 15.8 Å². The van der Waals surface area contributed by atoms with Crippen molar-refractivity contribution in [2.24, 2.45) is 0 Å². The van der Waals surface area contributed by atoms with Gasteiger partial charge in [-0.3, -0.25) is 9.69 Å². The van der Waals surface area contributed by atoms with Crippen LogP contribution in [0.2, 0.25) is 0 Å². The van der Waals surface area contributed by atoms with Gasteiger partial charge in [0.05, 0.1) is 4.90 Å². The molecule has 0 spiro atoms. The zero-order valence-electron chi connectivity index (χ0n) is 18.6. The molecule has 1 aliphatic heterocycles. The SMILES string of the molecule is CN(CCCC(=O)NCc1ccccc1CN1CCCCC1)S(=O)(=O)c1ccc(F)cc1. The molecule has 0 unspecified atom stereocenters. The molecule has 0 aliphatic carbocycles. The van der Waals surface area contributed by atoms with Gasteiger partial charge in [-0.1, -0.05) is 30.7 Å². The van der Waals surface area contributed by atoms with Crippen molar-refractivity contribution in [2.45, 2.75) is 50.1 Å². The maximum absolute atomic E-state index is 13.0. The first kappa shape index (κ1) is 24.4. The molecule has 8 heteroatoms. The van der Waals surface area contributed by atoms with Crippen molar-refractivity contribution < 1.29 is 17.6 Å². The minimum absolute atomic E-state index is 0.0381. The lowest BCUT2D eigenvalue weighted by Crippen LogP contribution is -2.31. The third-order valence-electron chi connectivity index (χ3n) is 5.84. The second-order valence-electron chi connectivity index (χ2n) is 8.27. The number of hydrogen-bond donors (Lipinski definition) is 1. The lowest BCUT2D eigenvalue weighted by atomic mass is 10.0. The van der Waals surface area contributed by atoms with Crippen LogP contribution in [0, 0.1) is 5.82 Å². The van der Waals surface area contributed by atoms with Gasteiger partial charge in [-0.2, -0.15) is 0 Å². The Morgan fingerprint density at radius 2 is 1.69 bits per heavy atom. The number of sulfonamides is 1. The summed E-state index contributed by atoms with van der Waals surface area (Å²) in [4.78, 5) is 14.8. The Hall–Kier alpha value is -2.29. The van der Waals surface area contributed by atoms with Gasteiger partial charge in [-0.15, -0.1) is 0 Å². The fourth-order valence-corrected chi connectivity index (χ4v) is 5.10. The zero-order chi connectivity index (χ0) is 23.0. The van der Waals surface area contributed by atoms with Crippen LogP contribution in [0.5, 0.6) is 0 Å². The predicted octanol–water partition coefficient (Wildman–Crippen LogP) is 3.53. The van der Waals surface area contributed by atoms with E-state index in [2.05, 4.69) is 16.3 Å². The maximum Gasteiger partial charge on any atom is 0.242 e. The molecule has 0 atom stereocenters. The molecule has 32 heavy (non-hydrogen) atoms. The van der Waals surface area contributed by atoms with Crippen LogP contribution in [0.3, 0.4) is 0 Å². The standard InChI is InChI=1S/C24H32FN3O3S/c1-27(32(30,31)23-13-11-22(25)12-14-23)15-7-10-24(29)26-18-20-8-3-4-9-21(20)19-28-16-5-2-6-17-28/h3-4,8-9,11-14H,2,5-7,10,15-19H2,1H3,(H,26,29). The first-order valence-electron chi connectivity index (χ1n) is 11.1. The van der Waals surface area contributed by atoms with Crippen LogP contribution < -0.4 is 5.32 Å². The molecule has 0 radical (unpaired) electrons. The molecule has 2 aromatic rings. The molecule has 0 saturated carbocycles. The van der Waals surface area contributed by atoms with E-state index in [1.54, 1.807) is 0 Å². The zero-order valence-corrected chi connectivity index (χ0v) is 19.4. The number of carbonyl (C=O) groups is 1.